The van der Waals surface area contributed by atoms with Gasteiger partial charge in [0, 0.05) is 30.0 Å². The van der Waals surface area contributed by atoms with Gasteiger partial charge in [-0.25, -0.2) is 14.2 Å². The third-order valence-electron chi connectivity index (χ3n) is 4.53. The van der Waals surface area contributed by atoms with Gasteiger partial charge in [0.05, 0.1) is 6.61 Å². The van der Waals surface area contributed by atoms with Gasteiger partial charge in [-0.3, -0.25) is 4.79 Å². The number of fused-ring (bicyclic) bond motifs is 1. The molecule has 158 valence electrons. The van der Waals surface area contributed by atoms with E-state index in [0.29, 0.717) is 25.5 Å². The predicted molar refractivity (Wildman–Crippen MR) is 116 cm³/mol. The number of anilines is 1. The number of halogens is 2. The van der Waals surface area contributed by atoms with Crippen molar-refractivity contribution in [3.63, 3.8) is 0 Å². The van der Waals surface area contributed by atoms with E-state index in [-0.39, 0.29) is 15.9 Å². The maximum absolute atomic E-state index is 14.4. The first-order valence-corrected chi connectivity index (χ1v) is 10.4. The minimum absolute atomic E-state index is 0.00684. The Morgan fingerprint density at radius 1 is 1.33 bits per heavy atom. The van der Waals surface area contributed by atoms with Crippen LogP contribution >= 0.6 is 11.8 Å². The number of thioether (sulfide) groups is 1. The standard InChI is InChI=1S/C22H23F2N3O2S/c1-4-29-15(3)27-12-11-21(17-7-5-6-8-20(17)27)30-22(26-25-14(2)28)18-13-16(23)9-10-19(18)24/h5-10,13,21H,3-4,11-12H2,1-2H3,(H,25,28)/b26-22-. The number of carbonyl (C=O) groups excluding carboxylic acids is 1. The molecule has 1 heterocycles. The van der Waals surface area contributed by atoms with E-state index in [9.17, 15) is 13.6 Å². The molecule has 5 nitrogen and oxygen atoms in total. The van der Waals surface area contributed by atoms with Crippen molar-refractivity contribution in [3.05, 3.63) is 77.7 Å². The van der Waals surface area contributed by atoms with Gasteiger partial charge in [0.25, 0.3) is 0 Å². The zero-order chi connectivity index (χ0) is 21.7. The molecular weight excluding hydrogens is 408 g/mol. The lowest BCUT2D eigenvalue weighted by atomic mass is 10.0. The van der Waals surface area contributed by atoms with Gasteiger partial charge in [-0.15, -0.1) is 0 Å². The quantitative estimate of drug-likeness (QED) is 0.304. The minimum Gasteiger partial charge on any atom is -0.480 e. The highest BCUT2D eigenvalue weighted by atomic mass is 32.2. The van der Waals surface area contributed by atoms with E-state index < -0.39 is 17.5 Å². The summed E-state index contributed by atoms with van der Waals surface area (Å²) in [5, 5.41) is 4.19. The Bertz CT molecular complexity index is 981. The van der Waals surface area contributed by atoms with Crippen LogP contribution in [0.4, 0.5) is 14.5 Å². The second-order valence-corrected chi connectivity index (χ2v) is 7.83. The van der Waals surface area contributed by atoms with E-state index in [1.807, 2.05) is 36.1 Å². The normalized spacial score (nSPS) is 16.1. The van der Waals surface area contributed by atoms with Crippen LogP contribution in [0.25, 0.3) is 0 Å². The van der Waals surface area contributed by atoms with Crippen LogP contribution in [0.2, 0.25) is 0 Å². The van der Waals surface area contributed by atoms with Gasteiger partial charge >= 0.3 is 0 Å². The molecule has 2 aromatic carbocycles. The lowest BCUT2D eigenvalue weighted by molar-refractivity contribution is -0.118. The topological polar surface area (TPSA) is 53.9 Å². The van der Waals surface area contributed by atoms with Crippen molar-refractivity contribution >= 4 is 28.4 Å². The van der Waals surface area contributed by atoms with Gasteiger partial charge in [-0.1, -0.05) is 30.0 Å². The highest BCUT2D eigenvalue weighted by molar-refractivity contribution is 8.14. The molecule has 30 heavy (non-hydrogen) atoms. The van der Waals surface area contributed by atoms with Crippen LogP contribution in [-0.2, 0) is 9.53 Å². The number of hydrogen-bond acceptors (Lipinski definition) is 5. The van der Waals surface area contributed by atoms with Crippen molar-refractivity contribution in [3.8, 4) is 0 Å². The molecule has 1 aliphatic heterocycles. The zero-order valence-electron chi connectivity index (χ0n) is 16.8. The summed E-state index contributed by atoms with van der Waals surface area (Å²) in [6.07, 6.45) is 0.698. The van der Waals surface area contributed by atoms with E-state index in [1.165, 1.54) is 18.7 Å². The summed E-state index contributed by atoms with van der Waals surface area (Å²) >= 11 is 1.28. The molecule has 0 saturated carbocycles. The highest BCUT2D eigenvalue weighted by Crippen LogP contribution is 2.44. The van der Waals surface area contributed by atoms with E-state index in [0.717, 1.165) is 29.4 Å². The lowest BCUT2D eigenvalue weighted by Gasteiger charge is -2.35. The van der Waals surface area contributed by atoms with Crippen LogP contribution in [0, 0.1) is 11.6 Å². The summed E-state index contributed by atoms with van der Waals surface area (Å²) in [4.78, 5) is 13.4. The van der Waals surface area contributed by atoms with Crippen LogP contribution in [0.15, 0.2) is 60.0 Å². The summed E-state index contributed by atoms with van der Waals surface area (Å²) in [6, 6.07) is 11.0. The molecule has 1 atom stereocenters. The average molecular weight is 432 g/mol. The van der Waals surface area contributed by atoms with Crippen molar-refractivity contribution < 1.29 is 18.3 Å². The second-order valence-electron chi connectivity index (χ2n) is 6.64. The summed E-state index contributed by atoms with van der Waals surface area (Å²) in [7, 11) is 0. The van der Waals surface area contributed by atoms with Crippen LogP contribution in [-0.4, -0.2) is 24.1 Å². The van der Waals surface area contributed by atoms with Crippen molar-refractivity contribution in [2.24, 2.45) is 5.10 Å². The molecule has 0 radical (unpaired) electrons. The molecule has 0 spiro atoms. The Hall–Kier alpha value is -2.87. The molecule has 1 amide bonds. The number of carbonyl (C=O) groups is 1. The molecule has 0 fully saturated rings. The Labute approximate surface area is 178 Å². The number of nitrogens with zero attached hydrogens (tertiary/aromatic N) is 2. The Morgan fingerprint density at radius 3 is 2.83 bits per heavy atom. The number of para-hydroxylation sites is 1. The molecule has 0 aromatic heterocycles. The molecule has 0 aliphatic carbocycles. The number of amides is 1. The summed E-state index contributed by atoms with van der Waals surface area (Å²) in [5.41, 5.74) is 4.29. The van der Waals surface area contributed by atoms with E-state index >= 15 is 0 Å². The second kappa shape index (κ2) is 9.75. The number of ether oxygens (including phenoxy) is 1. The van der Waals surface area contributed by atoms with E-state index in [1.54, 1.807) is 0 Å². The minimum atomic E-state index is -0.608. The van der Waals surface area contributed by atoms with Crippen molar-refractivity contribution in [2.75, 3.05) is 18.1 Å². The number of benzene rings is 2. The number of rotatable bonds is 6. The summed E-state index contributed by atoms with van der Waals surface area (Å²) < 4.78 is 33.8. The summed E-state index contributed by atoms with van der Waals surface area (Å²) in [6.45, 7) is 8.37. The Balaban J connectivity index is 1.95. The van der Waals surface area contributed by atoms with Crippen LogP contribution < -0.4 is 10.3 Å². The van der Waals surface area contributed by atoms with Crippen LogP contribution in [0.5, 0.6) is 0 Å². The first-order chi connectivity index (χ1) is 14.4. The molecule has 0 saturated heterocycles. The van der Waals surface area contributed by atoms with Gasteiger partial charge in [-0.2, -0.15) is 5.10 Å². The van der Waals surface area contributed by atoms with E-state index in [4.69, 9.17) is 4.74 Å². The summed E-state index contributed by atoms with van der Waals surface area (Å²) in [5.74, 6) is -1.01. The van der Waals surface area contributed by atoms with Gasteiger partial charge in [-0.05, 0) is 49.8 Å². The van der Waals surface area contributed by atoms with Crippen molar-refractivity contribution in [2.45, 2.75) is 25.5 Å². The maximum atomic E-state index is 14.4. The largest absolute Gasteiger partial charge is 0.480 e. The average Bonchev–Trinajstić information content (AvgIpc) is 2.73. The molecule has 2 aromatic rings. The molecule has 0 bridgehead atoms. The van der Waals surface area contributed by atoms with Crippen LogP contribution in [0.1, 0.15) is 36.6 Å². The molecule has 8 heteroatoms. The first kappa shape index (κ1) is 21.8. The smallest absolute Gasteiger partial charge is 0.236 e. The third-order valence-corrected chi connectivity index (χ3v) is 5.84. The Morgan fingerprint density at radius 2 is 2.10 bits per heavy atom. The molecule has 1 unspecified atom stereocenters. The zero-order valence-corrected chi connectivity index (χ0v) is 17.6. The molecular formula is C22H23F2N3O2S. The van der Waals surface area contributed by atoms with Gasteiger partial charge in [0.2, 0.25) is 5.91 Å². The molecule has 3 rings (SSSR count). The molecule has 1 N–H and O–H groups in total. The fourth-order valence-electron chi connectivity index (χ4n) is 3.23. The van der Waals surface area contributed by atoms with Crippen molar-refractivity contribution in [1.29, 1.82) is 0 Å². The van der Waals surface area contributed by atoms with Gasteiger partial charge in [0.1, 0.15) is 16.7 Å². The van der Waals surface area contributed by atoms with Crippen molar-refractivity contribution in [1.82, 2.24) is 5.43 Å². The first-order valence-electron chi connectivity index (χ1n) is 9.55. The lowest BCUT2D eigenvalue weighted by Crippen LogP contribution is -2.31. The van der Waals surface area contributed by atoms with Gasteiger partial charge in [0.15, 0.2) is 5.88 Å². The Kier molecular flexibility index (Phi) is 7.10. The maximum Gasteiger partial charge on any atom is 0.236 e. The van der Waals surface area contributed by atoms with Gasteiger partial charge < -0.3 is 9.64 Å². The number of nitrogens with one attached hydrogen (secondary N) is 1. The molecule has 1 aliphatic rings. The number of hydrazone groups is 1. The monoisotopic (exact) mass is 431 g/mol. The number of hydrogen-bond donors (Lipinski definition) is 1. The fourth-order valence-corrected chi connectivity index (χ4v) is 4.43. The highest BCUT2D eigenvalue weighted by Gasteiger charge is 2.29. The SMILES string of the molecule is C=C(OCC)N1CCC(S/C(=N\NC(C)=O)c2cc(F)ccc2F)c2ccccc21. The fraction of sp³-hybridized carbons (Fsp3) is 0.273. The third kappa shape index (κ3) is 4.99. The predicted octanol–water partition coefficient (Wildman–Crippen LogP) is 4.95. The van der Waals surface area contributed by atoms with E-state index in [2.05, 4.69) is 17.1 Å². The van der Waals surface area contributed by atoms with Crippen LogP contribution in [0.3, 0.4) is 0 Å².